The van der Waals surface area contributed by atoms with Gasteiger partial charge in [0.05, 0.1) is 13.7 Å². The van der Waals surface area contributed by atoms with Gasteiger partial charge in [-0.05, 0) is 49.1 Å². The maximum atomic E-state index is 12.3. The maximum Gasteiger partial charge on any atom is 0.328 e. The third-order valence-corrected chi connectivity index (χ3v) is 4.73. The van der Waals surface area contributed by atoms with Gasteiger partial charge < -0.3 is 20.5 Å². The summed E-state index contributed by atoms with van der Waals surface area (Å²) in [4.78, 5) is 24.1. The predicted molar refractivity (Wildman–Crippen MR) is 114 cm³/mol. The van der Waals surface area contributed by atoms with Crippen LogP contribution in [0.1, 0.15) is 23.2 Å². The van der Waals surface area contributed by atoms with Gasteiger partial charge in [0.25, 0.3) is 5.91 Å². The second-order valence-electron chi connectivity index (χ2n) is 5.77. The highest BCUT2D eigenvalue weighted by Gasteiger charge is 2.21. The lowest BCUT2D eigenvalue weighted by molar-refractivity contribution is -0.142. The number of hydrogen-bond donors (Lipinski definition) is 3. The van der Waals surface area contributed by atoms with Gasteiger partial charge in [-0.2, -0.15) is 24.4 Å². The average Bonchev–Trinajstić information content (AvgIpc) is 2.70. The first kappa shape index (κ1) is 23.4. The van der Waals surface area contributed by atoms with Crippen molar-refractivity contribution in [1.29, 1.82) is 0 Å². The summed E-state index contributed by atoms with van der Waals surface area (Å²) in [5.74, 6) is 1.27. The first-order chi connectivity index (χ1) is 13.0. The Bertz CT molecular complexity index is 608. The van der Waals surface area contributed by atoms with Crippen molar-refractivity contribution >= 4 is 36.3 Å². The number of hydrogen-bond acceptors (Lipinski definition) is 7. The van der Waals surface area contributed by atoms with Crippen LogP contribution in [0.4, 0.5) is 0 Å². The van der Waals surface area contributed by atoms with Crippen LogP contribution in [0, 0.1) is 0 Å². The summed E-state index contributed by atoms with van der Waals surface area (Å²) in [6.07, 6.45) is 7.06. The largest absolute Gasteiger partial charge is 0.493 e. The Morgan fingerprint density at radius 2 is 2.04 bits per heavy atom. The molecule has 0 bridgehead atoms. The summed E-state index contributed by atoms with van der Waals surface area (Å²) in [5, 5.41) is 2.72. The summed E-state index contributed by atoms with van der Waals surface area (Å²) in [7, 11) is 1.31. The molecule has 0 spiro atoms. The van der Waals surface area contributed by atoms with Crippen LogP contribution in [0.15, 0.2) is 36.4 Å². The van der Waals surface area contributed by atoms with Crippen molar-refractivity contribution in [2.75, 3.05) is 31.5 Å². The van der Waals surface area contributed by atoms with Crippen LogP contribution < -0.4 is 15.8 Å². The number of esters is 1. The monoisotopic (exact) mass is 412 g/mol. The smallest absolute Gasteiger partial charge is 0.328 e. The molecule has 0 aliphatic heterocycles. The third kappa shape index (κ3) is 9.21. The van der Waals surface area contributed by atoms with E-state index in [0.717, 1.165) is 12.2 Å². The van der Waals surface area contributed by atoms with Gasteiger partial charge in [0.15, 0.2) is 0 Å². The van der Waals surface area contributed by atoms with Gasteiger partial charge in [0.2, 0.25) is 0 Å². The van der Waals surface area contributed by atoms with Crippen LogP contribution in [0.3, 0.4) is 0 Å². The van der Waals surface area contributed by atoms with Crippen molar-refractivity contribution < 1.29 is 19.1 Å². The lowest BCUT2D eigenvalue weighted by atomic mass is 10.1. The number of carbonyl (C=O) groups is 2. The fraction of sp³-hybridized carbons (Fsp3) is 0.474. The molecule has 6 nitrogen and oxygen atoms in total. The zero-order chi connectivity index (χ0) is 20.1. The molecule has 1 aromatic rings. The summed E-state index contributed by atoms with van der Waals surface area (Å²) in [6, 6.07) is 6.10. The molecular weight excluding hydrogens is 384 g/mol. The molecular formula is C19H28N2O4S2. The molecule has 0 aliphatic carbocycles. The summed E-state index contributed by atoms with van der Waals surface area (Å²) < 4.78 is 10.4. The Morgan fingerprint density at radius 1 is 1.33 bits per heavy atom. The molecule has 0 aromatic heterocycles. The van der Waals surface area contributed by atoms with E-state index in [-0.39, 0.29) is 11.9 Å². The predicted octanol–water partition coefficient (Wildman–Crippen LogP) is 2.29. The van der Waals surface area contributed by atoms with Crippen LogP contribution in [-0.4, -0.2) is 55.4 Å². The molecule has 0 saturated carbocycles. The quantitative estimate of drug-likeness (QED) is 0.211. The molecule has 2 atom stereocenters. The number of amides is 1. The Kier molecular flexibility index (Phi) is 11.7. The van der Waals surface area contributed by atoms with Gasteiger partial charge >= 0.3 is 5.97 Å². The first-order valence-electron chi connectivity index (χ1n) is 8.65. The van der Waals surface area contributed by atoms with E-state index < -0.39 is 12.0 Å². The lowest BCUT2D eigenvalue weighted by Crippen LogP contribution is -2.41. The molecule has 8 heteroatoms. The van der Waals surface area contributed by atoms with Crippen LogP contribution in [0.25, 0.3) is 0 Å². The highest BCUT2D eigenvalue weighted by Crippen LogP contribution is 2.13. The number of methoxy groups -OCH3 is 1. The molecule has 0 radical (unpaired) electrons. The SMILES string of the molecule is COC(=O)C(CCSC)NC(=O)c1ccc(OCC/C=C/C(N)CS)cc1. The Hall–Kier alpha value is -1.64. The first-order valence-corrected chi connectivity index (χ1v) is 10.7. The van der Waals surface area contributed by atoms with Crippen LogP contribution in [0.5, 0.6) is 5.75 Å². The third-order valence-electron chi connectivity index (χ3n) is 3.67. The number of thioether (sulfide) groups is 1. The topological polar surface area (TPSA) is 90.6 Å². The second kappa shape index (κ2) is 13.5. The molecule has 2 unspecified atom stereocenters. The van der Waals surface area contributed by atoms with E-state index in [4.69, 9.17) is 15.2 Å². The molecule has 1 rings (SSSR count). The van der Waals surface area contributed by atoms with Crippen LogP contribution >= 0.6 is 24.4 Å². The fourth-order valence-electron chi connectivity index (χ4n) is 2.15. The number of carbonyl (C=O) groups excluding carboxylic acids is 2. The fourth-order valence-corrected chi connectivity index (χ4v) is 2.74. The standard InChI is InChI=1S/C19H28N2O4S2/c1-24-19(23)17(10-12-27-2)21-18(22)14-6-8-16(9-7-14)25-11-4-3-5-15(20)13-26/h3,5-9,15,17,26H,4,10-13,20H2,1-2H3,(H,21,22)/b5-3+. The van der Waals surface area contributed by atoms with Crippen molar-refractivity contribution in [2.24, 2.45) is 5.73 Å². The molecule has 0 heterocycles. The van der Waals surface area contributed by atoms with Gasteiger partial charge in [-0.1, -0.05) is 12.2 Å². The van der Waals surface area contributed by atoms with Crippen molar-refractivity contribution in [3.8, 4) is 5.75 Å². The van der Waals surface area contributed by atoms with E-state index in [1.807, 2.05) is 18.4 Å². The lowest BCUT2D eigenvalue weighted by Gasteiger charge is -2.16. The van der Waals surface area contributed by atoms with E-state index in [1.54, 1.807) is 36.0 Å². The minimum absolute atomic E-state index is 0.0455. The van der Waals surface area contributed by atoms with Crippen molar-refractivity contribution in [1.82, 2.24) is 5.32 Å². The number of rotatable bonds is 12. The summed E-state index contributed by atoms with van der Waals surface area (Å²) in [6.45, 7) is 0.514. The van der Waals surface area contributed by atoms with Crippen molar-refractivity contribution in [3.05, 3.63) is 42.0 Å². The molecule has 1 aromatic carbocycles. The molecule has 3 N–H and O–H groups in total. The molecule has 150 valence electrons. The van der Waals surface area contributed by atoms with Gasteiger partial charge in [-0.15, -0.1) is 0 Å². The number of nitrogens with one attached hydrogen (secondary N) is 1. The number of benzene rings is 1. The number of thiol groups is 1. The van der Waals surface area contributed by atoms with Crippen molar-refractivity contribution in [2.45, 2.75) is 24.9 Å². The van der Waals surface area contributed by atoms with Gasteiger partial charge in [-0.25, -0.2) is 4.79 Å². The summed E-state index contributed by atoms with van der Waals surface area (Å²) in [5.41, 5.74) is 6.19. The number of nitrogens with two attached hydrogens (primary N) is 1. The van der Waals surface area contributed by atoms with Gasteiger partial charge in [0, 0.05) is 17.4 Å². The molecule has 0 aliphatic rings. The van der Waals surface area contributed by atoms with Gasteiger partial charge in [0.1, 0.15) is 11.8 Å². The van der Waals surface area contributed by atoms with Crippen molar-refractivity contribution in [3.63, 3.8) is 0 Å². The van der Waals surface area contributed by atoms with E-state index in [1.165, 1.54) is 7.11 Å². The summed E-state index contributed by atoms with van der Waals surface area (Å²) >= 11 is 5.72. The number of ether oxygens (including phenoxy) is 2. The Labute approximate surface area is 170 Å². The zero-order valence-corrected chi connectivity index (χ0v) is 17.4. The Morgan fingerprint density at radius 3 is 2.63 bits per heavy atom. The highest BCUT2D eigenvalue weighted by molar-refractivity contribution is 7.98. The van der Waals surface area contributed by atoms with E-state index in [2.05, 4.69) is 17.9 Å². The van der Waals surface area contributed by atoms with E-state index in [0.29, 0.717) is 30.1 Å². The zero-order valence-electron chi connectivity index (χ0n) is 15.7. The molecule has 1 amide bonds. The molecule has 0 saturated heterocycles. The molecule has 0 fully saturated rings. The minimum Gasteiger partial charge on any atom is -0.493 e. The van der Waals surface area contributed by atoms with Crippen LogP contribution in [0.2, 0.25) is 0 Å². The van der Waals surface area contributed by atoms with Crippen LogP contribution in [-0.2, 0) is 9.53 Å². The van der Waals surface area contributed by atoms with E-state index in [9.17, 15) is 9.59 Å². The normalized spacial score (nSPS) is 13.2. The Balaban J connectivity index is 2.52. The molecule has 27 heavy (non-hydrogen) atoms. The van der Waals surface area contributed by atoms with E-state index >= 15 is 0 Å². The highest BCUT2D eigenvalue weighted by atomic mass is 32.2. The van der Waals surface area contributed by atoms with Gasteiger partial charge in [-0.3, -0.25) is 4.79 Å². The second-order valence-corrected chi connectivity index (χ2v) is 7.12. The maximum absolute atomic E-state index is 12.3. The minimum atomic E-state index is -0.652. The average molecular weight is 413 g/mol.